The molecule has 1 amide bonds. The number of carboxylic acids is 1. The van der Waals surface area contributed by atoms with Crippen molar-refractivity contribution >= 4 is 17.7 Å². The van der Waals surface area contributed by atoms with E-state index in [1.165, 1.54) is 25.3 Å². The number of pyridine rings is 1. The molecule has 124 valence electrons. The second-order valence-corrected chi connectivity index (χ2v) is 5.62. The van der Waals surface area contributed by atoms with Crippen LogP contribution in [0.1, 0.15) is 39.1 Å². The smallest absolute Gasteiger partial charge is 0.339 e. The van der Waals surface area contributed by atoms with Crippen LogP contribution in [-0.2, 0) is 6.42 Å². The molecule has 3 rings (SSSR count). The molecule has 1 aliphatic heterocycles. The number of anilines is 1. The maximum atomic E-state index is 12.9. The quantitative estimate of drug-likeness (QED) is 0.938. The van der Waals surface area contributed by atoms with Gasteiger partial charge in [-0.25, -0.2) is 9.78 Å². The van der Waals surface area contributed by atoms with Gasteiger partial charge in [-0.3, -0.25) is 9.69 Å². The van der Waals surface area contributed by atoms with Gasteiger partial charge in [-0.2, -0.15) is 0 Å². The topological polar surface area (TPSA) is 79.7 Å². The molecule has 24 heavy (non-hydrogen) atoms. The number of fused-ring (bicyclic) bond motifs is 1. The van der Waals surface area contributed by atoms with E-state index in [0.717, 1.165) is 24.8 Å². The van der Waals surface area contributed by atoms with Crippen LogP contribution in [0.3, 0.4) is 0 Å². The van der Waals surface area contributed by atoms with Crippen molar-refractivity contribution in [1.82, 2.24) is 4.98 Å². The number of aromatic carboxylic acids is 1. The van der Waals surface area contributed by atoms with Crippen LogP contribution in [0.15, 0.2) is 36.5 Å². The third kappa shape index (κ3) is 2.95. The first-order valence-electron chi connectivity index (χ1n) is 7.79. The minimum absolute atomic E-state index is 0.0310. The van der Waals surface area contributed by atoms with Crippen LogP contribution in [0.2, 0.25) is 0 Å². The first-order valence-corrected chi connectivity index (χ1v) is 7.79. The molecule has 0 atom stereocenters. The highest BCUT2D eigenvalue weighted by Crippen LogP contribution is 2.27. The summed E-state index contributed by atoms with van der Waals surface area (Å²) in [5, 5.41) is 9.16. The molecule has 2 aromatic rings. The summed E-state index contributed by atoms with van der Waals surface area (Å²) in [6.07, 6.45) is 4.48. The van der Waals surface area contributed by atoms with Crippen LogP contribution in [0.5, 0.6) is 5.75 Å². The number of amides is 1. The molecule has 1 aliphatic rings. The van der Waals surface area contributed by atoms with E-state index in [9.17, 15) is 9.59 Å². The first kappa shape index (κ1) is 16.0. The zero-order chi connectivity index (χ0) is 17.1. The lowest BCUT2D eigenvalue weighted by atomic mass is 10.1. The SMILES string of the molecule is COc1cc(C(=O)N2CCCCc3cccnc32)ccc1C(=O)O. The molecule has 0 fully saturated rings. The number of ether oxygens (including phenoxy) is 1. The van der Waals surface area contributed by atoms with E-state index in [1.807, 2.05) is 12.1 Å². The zero-order valence-electron chi connectivity index (χ0n) is 13.4. The lowest BCUT2D eigenvalue weighted by molar-refractivity contribution is 0.0692. The number of methoxy groups -OCH3 is 1. The van der Waals surface area contributed by atoms with Gasteiger partial charge in [0, 0.05) is 18.3 Å². The highest BCUT2D eigenvalue weighted by atomic mass is 16.5. The Balaban J connectivity index is 1.99. The van der Waals surface area contributed by atoms with Crippen LogP contribution in [-0.4, -0.2) is 35.6 Å². The highest BCUT2D eigenvalue weighted by molar-refractivity contribution is 6.07. The molecular weight excluding hydrogens is 308 g/mol. The fourth-order valence-electron chi connectivity index (χ4n) is 2.91. The number of rotatable bonds is 3. The van der Waals surface area contributed by atoms with Crippen LogP contribution in [0, 0.1) is 0 Å². The fraction of sp³-hybridized carbons (Fsp3) is 0.278. The van der Waals surface area contributed by atoms with Crippen molar-refractivity contribution in [2.75, 3.05) is 18.6 Å². The van der Waals surface area contributed by atoms with Gasteiger partial charge in [0.2, 0.25) is 0 Å². The second kappa shape index (κ2) is 6.70. The molecule has 1 aromatic carbocycles. The van der Waals surface area contributed by atoms with E-state index in [4.69, 9.17) is 9.84 Å². The normalized spacial score (nSPS) is 13.8. The maximum Gasteiger partial charge on any atom is 0.339 e. The summed E-state index contributed by atoms with van der Waals surface area (Å²) < 4.78 is 5.11. The molecule has 1 N–H and O–H groups in total. The number of aryl methyl sites for hydroxylation is 1. The number of hydrogen-bond donors (Lipinski definition) is 1. The van der Waals surface area contributed by atoms with Gasteiger partial charge in [-0.15, -0.1) is 0 Å². The molecule has 2 heterocycles. The number of carbonyl (C=O) groups excluding carboxylic acids is 1. The Hall–Kier alpha value is -2.89. The predicted octanol–water partition coefficient (Wildman–Crippen LogP) is 2.77. The van der Waals surface area contributed by atoms with Crippen LogP contribution >= 0.6 is 0 Å². The molecule has 0 saturated carbocycles. The molecule has 0 aliphatic carbocycles. The van der Waals surface area contributed by atoms with Crippen molar-refractivity contribution in [3.05, 3.63) is 53.2 Å². The minimum Gasteiger partial charge on any atom is -0.496 e. The molecular formula is C18H18N2O4. The lowest BCUT2D eigenvalue weighted by Crippen LogP contribution is -2.32. The van der Waals surface area contributed by atoms with Gasteiger partial charge in [0.25, 0.3) is 5.91 Å². The Labute approximate surface area is 139 Å². The molecule has 0 saturated heterocycles. The largest absolute Gasteiger partial charge is 0.496 e. The summed E-state index contributed by atoms with van der Waals surface area (Å²) >= 11 is 0. The molecule has 0 unspecified atom stereocenters. The van der Waals surface area contributed by atoms with Crippen molar-refractivity contribution in [1.29, 1.82) is 0 Å². The van der Waals surface area contributed by atoms with E-state index in [2.05, 4.69) is 4.98 Å². The number of carboxylic acid groups (broad SMARTS) is 1. The Bertz CT molecular complexity index is 788. The van der Waals surface area contributed by atoms with Crippen molar-refractivity contribution in [2.45, 2.75) is 19.3 Å². The minimum atomic E-state index is -1.09. The summed E-state index contributed by atoms with van der Waals surface area (Å²) in [5.41, 5.74) is 1.47. The van der Waals surface area contributed by atoms with Gasteiger partial charge >= 0.3 is 5.97 Å². The van der Waals surface area contributed by atoms with Crippen LogP contribution in [0.4, 0.5) is 5.82 Å². The number of carbonyl (C=O) groups is 2. The third-order valence-electron chi connectivity index (χ3n) is 4.13. The van der Waals surface area contributed by atoms with Crippen LogP contribution < -0.4 is 9.64 Å². The summed E-state index contributed by atoms with van der Waals surface area (Å²) in [6.45, 7) is 0.589. The van der Waals surface area contributed by atoms with E-state index < -0.39 is 5.97 Å². The summed E-state index contributed by atoms with van der Waals surface area (Å²) in [4.78, 5) is 30.2. The third-order valence-corrected chi connectivity index (χ3v) is 4.13. The molecule has 6 nitrogen and oxygen atoms in total. The van der Waals surface area contributed by atoms with E-state index in [-0.39, 0.29) is 17.2 Å². The number of nitrogens with zero attached hydrogens (tertiary/aromatic N) is 2. The van der Waals surface area contributed by atoms with Crippen molar-refractivity contribution in [3.63, 3.8) is 0 Å². The molecule has 0 spiro atoms. The summed E-state index contributed by atoms with van der Waals surface area (Å²) in [5.74, 6) is -0.439. The molecule has 0 radical (unpaired) electrons. The number of hydrogen-bond acceptors (Lipinski definition) is 4. The fourth-order valence-corrected chi connectivity index (χ4v) is 2.91. The van der Waals surface area contributed by atoms with Crippen LogP contribution in [0.25, 0.3) is 0 Å². The molecule has 6 heteroatoms. The summed E-state index contributed by atoms with van der Waals surface area (Å²) in [6, 6.07) is 8.24. The Kier molecular flexibility index (Phi) is 4.46. The molecule has 1 aromatic heterocycles. The van der Waals surface area contributed by atoms with E-state index in [0.29, 0.717) is 17.9 Å². The lowest BCUT2D eigenvalue weighted by Gasteiger charge is -2.22. The Morgan fingerprint density at radius 2 is 2.08 bits per heavy atom. The maximum absolute atomic E-state index is 12.9. The van der Waals surface area contributed by atoms with Crippen molar-refractivity contribution in [3.8, 4) is 5.75 Å². The van der Waals surface area contributed by atoms with E-state index >= 15 is 0 Å². The van der Waals surface area contributed by atoms with Gasteiger partial charge in [0.05, 0.1) is 7.11 Å². The zero-order valence-corrected chi connectivity index (χ0v) is 13.4. The Morgan fingerprint density at radius 1 is 1.25 bits per heavy atom. The standard InChI is InChI=1S/C18H18N2O4/c1-24-15-11-13(7-8-14(15)18(22)23)17(21)20-10-3-2-5-12-6-4-9-19-16(12)20/h4,6-9,11H,2-3,5,10H2,1H3,(H,22,23). The van der Waals surface area contributed by atoms with Crippen molar-refractivity contribution in [2.24, 2.45) is 0 Å². The monoisotopic (exact) mass is 326 g/mol. The first-order chi connectivity index (χ1) is 11.6. The van der Waals surface area contributed by atoms with Gasteiger partial charge in [0.15, 0.2) is 0 Å². The van der Waals surface area contributed by atoms with E-state index in [1.54, 1.807) is 11.1 Å². The van der Waals surface area contributed by atoms with Gasteiger partial charge in [-0.05, 0) is 49.1 Å². The second-order valence-electron chi connectivity index (χ2n) is 5.62. The number of aromatic nitrogens is 1. The van der Waals surface area contributed by atoms with Gasteiger partial charge < -0.3 is 9.84 Å². The van der Waals surface area contributed by atoms with Gasteiger partial charge in [0.1, 0.15) is 17.1 Å². The summed E-state index contributed by atoms with van der Waals surface area (Å²) in [7, 11) is 1.39. The number of benzene rings is 1. The molecule has 0 bridgehead atoms. The van der Waals surface area contributed by atoms with Gasteiger partial charge in [-0.1, -0.05) is 6.07 Å². The average molecular weight is 326 g/mol. The highest BCUT2D eigenvalue weighted by Gasteiger charge is 2.24. The average Bonchev–Trinajstić information content (AvgIpc) is 2.82. The predicted molar refractivity (Wildman–Crippen MR) is 88.8 cm³/mol. The van der Waals surface area contributed by atoms with Crippen molar-refractivity contribution < 1.29 is 19.4 Å². The Morgan fingerprint density at radius 3 is 2.83 bits per heavy atom.